The molecule has 2 rings (SSSR count). The highest BCUT2D eigenvalue weighted by atomic mass is 32.2. The van der Waals surface area contributed by atoms with E-state index in [1.54, 1.807) is 6.21 Å². The summed E-state index contributed by atoms with van der Waals surface area (Å²) in [6, 6.07) is 3.42. The van der Waals surface area contributed by atoms with Gasteiger partial charge in [0.15, 0.2) is 0 Å². The normalized spacial score (nSPS) is 16.8. The molecule has 0 unspecified atom stereocenters. The van der Waals surface area contributed by atoms with Crippen molar-refractivity contribution in [2.24, 2.45) is 16.2 Å². The Morgan fingerprint density at radius 2 is 2.00 bits per heavy atom. The smallest absolute Gasteiger partial charge is 0.272 e. The lowest BCUT2D eigenvalue weighted by atomic mass is 9.90. The average molecular weight is 326 g/mol. The molecule has 1 aromatic carbocycles. The van der Waals surface area contributed by atoms with Crippen LogP contribution in [0.5, 0.6) is 0 Å². The first-order chi connectivity index (χ1) is 10.4. The Morgan fingerprint density at radius 1 is 1.32 bits per heavy atom. The van der Waals surface area contributed by atoms with Crippen LogP contribution in [0, 0.1) is 16.0 Å². The molecule has 0 radical (unpaired) electrons. The third kappa shape index (κ3) is 4.25. The summed E-state index contributed by atoms with van der Waals surface area (Å²) < 4.78 is 22.5. The van der Waals surface area contributed by atoms with Crippen LogP contribution in [0.25, 0.3) is 0 Å². The summed E-state index contributed by atoms with van der Waals surface area (Å²) in [5.74, 6) is 0.379. The molecule has 0 amide bonds. The van der Waals surface area contributed by atoms with Gasteiger partial charge in [-0.2, -0.15) is 5.10 Å². The van der Waals surface area contributed by atoms with Crippen LogP contribution < -0.4 is 10.6 Å². The summed E-state index contributed by atoms with van der Waals surface area (Å²) in [6.07, 6.45) is 7.46. The minimum absolute atomic E-state index is 0.129. The number of rotatable bonds is 5. The maximum absolute atomic E-state index is 11.2. The van der Waals surface area contributed by atoms with Crippen LogP contribution in [-0.2, 0) is 10.0 Å². The van der Waals surface area contributed by atoms with Crippen molar-refractivity contribution < 1.29 is 13.3 Å². The van der Waals surface area contributed by atoms with Gasteiger partial charge in [0.2, 0.25) is 10.0 Å². The first kappa shape index (κ1) is 16.4. The van der Waals surface area contributed by atoms with E-state index in [0.717, 1.165) is 18.9 Å². The van der Waals surface area contributed by atoms with Crippen molar-refractivity contribution in [3.8, 4) is 0 Å². The summed E-state index contributed by atoms with van der Waals surface area (Å²) in [5.41, 5.74) is 2.36. The van der Waals surface area contributed by atoms with Gasteiger partial charge in [-0.05, 0) is 30.9 Å². The number of hydrogen-bond donors (Lipinski definition) is 2. The fourth-order valence-corrected chi connectivity index (χ4v) is 2.96. The highest BCUT2D eigenvalue weighted by molar-refractivity contribution is 7.89. The van der Waals surface area contributed by atoms with Crippen LogP contribution in [0.2, 0.25) is 0 Å². The summed E-state index contributed by atoms with van der Waals surface area (Å²) >= 11 is 0. The van der Waals surface area contributed by atoms with Crippen LogP contribution in [0.4, 0.5) is 11.4 Å². The van der Waals surface area contributed by atoms with Crippen LogP contribution in [0.3, 0.4) is 0 Å². The van der Waals surface area contributed by atoms with E-state index in [-0.39, 0.29) is 16.3 Å². The highest BCUT2D eigenvalue weighted by Crippen LogP contribution is 2.27. The molecule has 22 heavy (non-hydrogen) atoms. The Bertz CT molecular complexity index is 681. The summed E-state index contributed by atoms with van der Waals surface area (Å²) in [5, 5.41) is 20.1. The highest BCUT2D eigenvalue weighted by Gasteiger charge is 2.19. The molecular formula is C13H18N4O4S. The lowest BCUT2D eigenvalue weighted by Crippen LogP contribution is -2.12. The third-order valence-electron chi connectivity index (χ3n) is 3.61. The number of benzene rings is 1. The van der Waals surface area contributed by atoms with Crippen molar-refractivity contribution in [1.82, 2.24) is 0 Å². The van der Waals surface area contributed by atoms with Crippen molar-refractivity contribution in [1.29, 1.82) is 0 Å². The lowest BCUT2D eigenvalue weighted by Gasteiger charge is -2.16. The van der Waals surface area contributed by atoms with Gasteiger partial charge < -0.3 is 0 Å². The number of hydrazone groups is 1. The first-order valence-electron chi connectivity index (χ1n) is 6.98. The number of hydrogen-bond acceptors (Lipinski definition) is 6. The van der Waals surface area contributed by atoms with E-state index in [1.807, 2.05) is 0 Å². The predicted octanol–water partition coefficient (Wildman–Crippen LogP) is 2.22. The maximum atomic E-state index is 11.2. The van der Waals surface area contributed by atoms with E-state index in [1.165, 1.54) is 31.4 Å². The van der Waals surface area contributed by atoms with Crippen LogP contribution in [-0.4, -0.2) is 19.6 Å². The van der Waals surface area contributed by atoms with E-state index >= 15 is 0 Å². The fourth-order valence-electron chi connectivity index (χ4n) is 2.43. The Morgan fingerprint density at radius 3 is 2.59 bits per heavy atom. The molecule has 0 spiro atoms. The van der Waals surface area contributed by atoms with Crippen molar-refractivity contribution >= 4 is 27.6 Å². The molecule has 8 nitrogen and oxygen atoms in total. The van der Waals surface area contributed by atoms with Crippen LogP contribution >= 0.6 is 0 Å². The molecular weight excluding hydrogens is 308 g/mol. The second-order valence-corrected chi connectivity index (χ2v) is 6.83. The predicted molar refractivity (Wildman–Crippen MR) is 83.2 cm³/mol. The van der Waals surface area contributed by atoms with E-state index in [4.69, 9.17) is 5.14 Å². The Balaban J connectivity index is 2.16. The number of nitro groups is 1. The second kappa shape index (κ2) is 6.84. The monoisotopic (exact) mass is 326 g/mol. The molecule has 0 bridgehead atoms. The average Bonchev–Trinajstić information content (AvgIpc) is 2.47. The number of primary sulfonamides is 1. The lowest BCUT2D eigenvalue weighted by molar-refractivity contribution is -0.384. The summed E-state index contributed by atoms with van der Waals surface area (Å²) in [6.45, 7) is 0. The molecule has 3 N–H and O–H groups in total. The standard InChI is InChI=1S/C13H18N4O4S/c14-22(20,21)11-6-7-12(13(8-11)17(18)19)16-15-9-10-4-2-1-3-5-10/h6-10,16H,1-5H2,(H2,14,20,21)/b15-9-. The van der Waals surface area contributed by atoms with E-state index in [9.17, 15) is 18.5 Å². The van der Waals surface area contributed by atoms with E-state index < -0.39 is 14.9 Å². The number of sulfonamides is 1. The van der Waals surface area contributed by atoms with Gasteiger partial charge in [0, 0.05) is 12.3 Å². The first-order valence-corrected chi connectivity index (χ1v) is 8.53. The second-order valence-electron chi connectivity index (χ2n) is 5.27. The summed E-state index contributed by atoms with van der Waals surface area (Å²) in [4.78, 5) is 10.1. The Hall–Kier alpha value is -2.00. The molecule has 0 aromatic heterocycles. The van der Waals surface area contributed by atoms with Crippen LogP contribution in [0.1, 0.15) is 32.1 Å². The zero-order valence-corrected chi connectivity index (χ0v) is 12.8. The van der Waals surface area contributed by atoms with Crippen molar-refractivity contribution in [3.63, 3.8) is 0 Å². The number of nitrogens with zero attached hydrogens (tertiary/aromatic N) is 2. The van der Waals surface area contributed by atoms with Gasteiger partial charge in [-0.25, -0.2) is 13.6 Å². The van der Waals surface area contributed by atoms with Crippen LogP contribution in [0.15, 0.2) is 28.2 Å². The van der Waals surface area contributed by atoms with Crippen molar-refractivity contribution in [3.05, 3.63) is 28.3 Å². The SMILES string of the molecule is NS(=O)(=O)c1ccc(N/N=C\C2CCCCC2)c([N+](=O)[O-])c1. The van der Waals surface area contributed by atoms with Crippen molar-refractivity contribution in [2.75, 3.05) is 5.43 Å². The minimum atomic E-state index is -3.98. The largest absolute Gasteiger partial charge is 0.295 e. The number of nitrogens with two attached hydrogens (primary N) is 1. The van der Waals surface area contributed by atoms with Gasteiger partial charge in [0.1, 0.15) is 5.69 Å². The fraction of sp³-hybridized carbons (Fsp3) is 0.462. The molecule has 0 heterocycles. The van der Waals surface area contributed by atoms with Gasteiger partial charge in [0.05, 0.1) is 9.82 Å². The molecule has 0 aliphatic heterocycles. The summed E-state index contributed by atoms with van der Waals surface area (Å²) in [7, 11) is -3.98. The molecule has 0 atom stereocenters. The molecule has 0 saturated heterocycles. The van der Waals surface area contributed by atoms with Gasteiger partial charge in [-0.15, -0.1) is 0 Å². The van der Waals surface area contributed by atoms with E-state index in [0.29, 0.717) is 5.92 Å². The molecule has 1 aliphatic rings. The molecule has 9 heteroatoms. The van der Waals surface area contributed by atoms with E-state index in [2.05, 4.69) is 10.5 Å². The maximum Gasteiger partial charge on any atom is 0.295 e. The number of nitrogens with one attached hydrogen (secondary N) is 1. The topological polar surface area (TPSA) is 128 Å². The molecule has 1 saturated carbocycles. The van der Waals surface area contributed by atoms with Gasteiger partial charge in [-0.1, -0.05) is 19.3 Å². The molecule has 1 aromatic rings. The van der Waals surface area contributed by atoms with Crippen molar-refractivity contribution in [2.45, 2.75) is 37.0 Å². The molecule has 1 aliphatic carbocycles. The van der Waals surface area contributed by atoms with Gasteiger partial charge in [-0.3, -0.25) is 15.5 Å². The molecule has 1 fully saturated rings. The third-order valence-corrected chi connectivity index (χ3v) is 4.53. The quantitative estimate of drug-likeness (QED) is 0.487. The van der Waals surface area contributed by atoms with Gasteiger partial charge in [0.25, 0.3) is 5.69 Å². The van der Waals surface area contributed by atoms with Gasteiger partial charge >= 0.3 is 0 Å². The Labute approximate surface area is 128 Å². The molecule has 120 valence electrons. The number of anilines is 1. The Kier molecular flexibility index (Phi) is 5.09. The zero-order chi connectivity index (χ0) is 16.2. The number of nitro benzene ring substituents is 1. The minimum Gasteiger partial charge on any atom is -0.272 e. The zero-order valence-electron chi connectivity index (χ0n) is 11.9.